The Hall–Kier alpha value is -2.84. The molecule has 8 heteroatoms. The SMILES string of the molecule is COc1ccc(NC(=O)CSc2nc3ccccc3c(=O)n2CCCO)cc1. The highest BCUT2D eigenvalue weighted by molar-refractivity contribution is 7.99. The van der Waals surface area contributed by atoms with Gasteiger partial charge in [-0.25, -0.2) is 4.98 Å². The molecule has 0 fully saturated rings. The van der Waals surface area contributed by atoms with Crippen LogP contribution in [-0.4, -0.2) is 40.0 Å². The summed E-state index contributed by atoms with van der Waals surface area (Å²) in [5.41, 5.74) is 1.08. The van der Waals surface area contributed by atoms with Crippen molar-refractivity contribution in [1.29, 1.82) is 0 Å². The number of aromatic nitrogens is 2. The highest BCUT2D eigenvalue weighted by Gasteiger charge is 2.13. The third kappa shape index (κ3) is 4.71. The molecule has 7 nitrogen and oxygen atoms in total. The van der Waals surface area contributed by atoms with Crippen molar-refractivity contribution in [1.82, 2.24) is 9.55 Å². The normalized spacial score (nSPS) is 10.8. The second kappa shape index (κ2) is 9.38. The lowest BCUT2D eigenvalue weighted by atomic mass is 10.2. The molecule has 1 aromatic heterocycles. The van der Waals surface area contributed by atoms with Crippen molar-refractivity contribution in [3.63, 3.8) is 0 Å². The number of rotatable bonds is 8. The minimum absolute atomic E-state index is 0.0265. The van der Waals surface area contributed by atoms with Gasteiger partial charge in [-0.1, -0.05) is 23.9 Å². The summed E-state index contributed by atoms with van der Waals surface area (Å²) in [6, 6.07) is 14.1. The number of hydrogen-bond acceptors (Lipinski definition) is 6. The maximum absolute atomic E-state index is 12.8. The quantitative estimate of drug-likeness (QED) is 0.447. The fourth-order valence-electron chi connectivity index (χ4n) is 2.69. The van der Waals surface area contributed by atoms with Crippen molar-refractivity contribution in [3.05, 3.63) is 58.9 Å². The van der Waals surface area contributed by atoms with Crippen LogP contribution in [0.2, 0.25) is 0 Å². The molecule has 0 bridgehead atoms. The Morgan fingerprint density at radius 3 is 2.68 bits per heavy atom. The van der Waals surface area contributed by atoms with Crippen LogP contribution in [0.3, 0.4) is 0 Å². The van der Waals surface area contributed by atoms with E-state index < -0.39 is 0 Å². The van der Waals surface area contributed by atoms with Crippen molar-refractivity contribution in [2.45, 2.75) is 18.1 Å². The van der Waals surface area contributed by atoms with Crippen LogP contribution in [0.1, 0.15) is 6.42 Å². The number of carbonyl (C=O) groups excluding carboxylic acids is 1. The molecule has 0 saturated carbocycles. The van der Waals surface area contributed by atoms with Crippen molar-refractivity contribution in [3.8, 4) is 5.75 Å². The Bertz CT molecular complexity index is 1020. The molecule has 3 aromatic rings. The number of hydrogen-bond donors (Lipinski definition) is 2. The van der Waals surface area contributed by atoms with Crippen LogP contribution in [0.15, 0.2) is 58.5 Å². The molecule has 28 heavy (non-hydrogen) atoms. The van der Waals surface area contributed by atoms with Crippen LogP contribution >= 0.6 is 11.8 Å². The summed E-state index contributed by atoms with van der Waals surface area (Å²) in [7, 11) is 1.58. The molecule has 0 spiro atoms. The predicted octanol–water partition coefficient (Wildman–Crippen LogP) is 2.52. The van der Waals surface area contributed by atoms with Crippen LogP contribution in [-0.2, 0) is 11.3 Å². The molecular weight excluding hydrogens is 378 g/mol. The average molecular weight is 399 g/mol. The van der Waals surface area contributed by atoms with E-state index in [4.69, 9.17) is 9.84 Å². The molecule has 0 aliphatic heterocycles. The first kappa shape index (κ1) is 19.9. The molecule has 0 radical (unpaired) electrons. The van der Waals surface area contributed by atoms with Gasteiger partial charge in [0.25, 0.3) is 5.56 Å². The van der Waals surface area contributed by atoms with Gasteiger partial charge in [-0.15, -0.1) is 0 Å². The molecule has 1 amide bonds. The van der Waals surface area contributed by atoms with Crippen molar-refractivity contribution in [2.75, 3.05) is 24.8 Å². The minimum Gasteiger partial charge on any atom is -0.497 e. The lowest BCUT2D eigenvalue weighted by Gasteiger charge is -2.12. The fourth-order valence-corrected chi connectivity index (χ4v) is 3.51. The largest absolute Gasteiger partial charge is 0.497 e. The molecule has 2 N–H and O–H groups in total. The first-order chi connectivity index (χ1) is 13.6. The number of anilines is 1. The highest BCUT2D eigenvalue weighted by Crippen LogP contribution is 2.19. The Labute approximate surface area is 166 Å². The summed E-state index contributed by atoms with van der Waals surface area (Å²) < 4.78 is 6.61. The molecule has 0 aliphatic carbocycles. The molecule has 1 heterocycles. The fraction of sp³-hybridized carbons (Fsp3) is 0.250. The topological polar surface area (TPSA) is 93.5 Å². The van der Waals surface area contributed by atoms with Gasteiger partial charge in [0, 0.05) is 18.8 Å². The van der Waals surface area contributed by atoms with E-state index in [0.29, 0.717) is 40.5 Å². The molecule has 2 aromatic carbocycles. The summed E-state index contributed by atoms with van der Waals surface area (Å²) in [4.78, 5) is 29.6. The monoisotopic (exact) mass is 399 g/mol. The predicted molar refractivity (Wildman–Crippen MR) is 110 cm³/mol. The standard InChI is InChI=1S/C20H21N3O4S/c1-27-15-9-7-14(8-10-15)21-18(25)13-28-20-22-17-6-3-2-5-16(17)19(26)23(20)11-4-12-24/h2-3,5-10,24H,4,11-13H2,1H3,(H,21,25). The lowest BCUT2D eigenvalue weighted by Crippen LogP contribution is -2.24. The number of thioether (sulfide) groups is 1. The number of fused-ring (bicyclic) bond motifs is 1. The van der Waals surface area contributed by atoms with E-state index in [2.05, 4.69) is 10.3 Å². The molecule has 0 aliphatic rings. The van der Waals surface area contributed by atoms with Gasteiger partial charge in [0.1, 0.15) is 5.75 Å². The van der Waals surface area contributed by atoms with E-state index in [1.165, 1.54) is 16.3 Å². The van der Waals surface area contributed by atoms with Gasteiger partial charge in [-0.2, -0.15) is 0 Å². The van der Waals surface area contributed by atoms with E-state index in [0.717, 1.165) is 0 Å². The van der Waals surface area contributed by atoms with Gasteiger partial charge >= 0.3 is 0 Å². The van der Waals surface area contributed by atoms with Crippen molar-refractivity contribution >= 4 is 34.3 Å². The Morgan fingerprint density at radius 2 is 1.96 bits per heavy atom. The van der Waals surface area contributed by atoms with Gasteiger partial charge in [-0.3, -0.25) is 14.2 Å². The maximum atomic E-state index is 12.8. The van der Waals surface area contributed by atoms with E-state index in [-0.39, 0.29) is 23.8 Å². The molecule has 0 unspecified atom stereocenters. The average Bonchev–Trinajstić information content (AvgIpc) is 2.72. The number of nitrogens with zero attached hydrogens (tertiary/aromatic N) is 2. The zero-order chi connectivity index (χ0) is 19.9. The number of para-hydroxylation sites is 1. The Balaban J connectivity index is 1.76. The second-order valence-electron chi connectivity index (χ2n) is 6.01. The second-order valence-corrected chi connectivity index (χ2v) is 6.95. The number of ether oxygens (including phenoxy) is 1. The molecule has 0 atom stereocenters. The number of aliphatic hydroxyl groups is 1. The number of carbonyl (C=O) groups is 1. The zero-order valence-electron chi connectivity index (χ0n) is 15.4. The zero-order valence-corrected chi connectivity index (χ0v) is 16.2. The Kier molecular flexibility index (Phi) is 6.67. The smallest absolute Gasteiger partial charge is 0.262 e. The summed E-state index contributed by atoms with van der Waals surface area (Å²) in [5.74, 6) is 0.613. The van der Waals surface area contributed by atoms with E-state index in [9.17, 15) is 9.59 Å². The maximum Gasteiger partial charge on any atom is 0.262 e. The summed E-state index contributed by atoms with van der Waals surface area (Å²) in [6.45, 7) is 0.316. The van der Waals surface area contributed by atoms with Crippen LogP contribution in [0.4, 0.5) is 5.69 Å². The van der Waals surface area contributed by atoms with E-state index in [1.54, 1.807) is 49.6 Å². The number of methoxy groups -OCH3 is 1. The summed E-state index contributed by atoms with van der Waals surface area (Å²) in [6.07, 6.45) is 0.436. The van der Waals surface area contributed by atoms with Gasteiger partial charge in [0.15, 0.2) is 5.16 Å². The van der Waals surface area contributed by atoms with E-state index >= 15 is 0 Å². The van der Waals surface area contributed by atoms with Crippen LogP contribution in [0, 0.1) is 0 Å². The minimum atomic E-state index is -0.203. The molecule has 0 saturated heterocycles. The van der Waals surface area contributed by atoms with Gasteiger partial charge in [0.2, 0.25) is 5.91 Å². The summed E-state index contributed by atoms with van der Waals surface area (Å²) in [5, 5.41) is 12.9. The third-order valence-electron chi connectivity index (χ3n) is 4.07. The molecule has 3 rings (SSSR count). The number of amides is 1. The van der Waals surface area contributed by atoms with Crippen LogP contribution in [0.25, 0.3) is 10.9 Å². The van der Waals surface area contributed by atoms with Gasteiger partial charge in [-0.05, 0) is 42.8 Å². The number of nitrogens with one attached hydrogen (secondary N) is 1. The lowest BCUT2D eigenvalue weighted by molar-refractivity contribution is -0.113. The van der Waals surface area contributed by atoms with Crippen molar-refractivity contribution < 1.29 is 14.6 Å². The number of benzene rings is 2. The molecule has 146 valence electrons. The Morgan fingerprint density at radius 1 is 1.21 bits per heavy atom. The van der Waals surface area contributed by atoms with E-state index in [1.807, 2.05) is 6.07 Å². The molecular formula is C20H21N3O4S. The first-order valence-electron chi connectivity index (χ1n) is 8.79. The number of aliphatic hydroxyl groups excluding tert-OH is 1. The summed E-state index contributed by atoms with van der Waals surface area (Å²) >= 11 is 1.19. The van der Waals surface area contributed by atoms with Crippen LogP contribution in [0.5, 0.6) is 5.75 Å². The van der Waals surface area contributed by atoms with Gasteiger partial charge < -0.3 is 15.2 Å². The first-order valence-corrected chi connectivity index (χ1v) is 9.78. The highest BCUT2D eigenvalue weighted by atomic mass is 32.2. The van der Waals surface area contributed by atoms with Gasteiger partial charge in [0.05, 0.1) is 23.8 Å². The van der Waals surface area contributed by atoms with Crippen LogP contribution < -0.4 is 15.6 Å². The van der Waals surface area contributed by atoms with Crippen molar-refractivity contribution in [2.24, 2.45) is 0 Å². The third-order valence-corrected chi connectivity index (χ3v) is 5.05.